The molecule has 5 nitrogen and oxygen atoms in total. The number of rotatable bonds is 2. The molecule has 0 aliphatic heterocycles. The number of nitrogen functional groups attached to an aromatic ring is 1. The van der Waals surface area contributed by atoms with Crippen LogP contribution in [0.25, 0.3) is 0 Å². The molecular formula is C7H7N5S. The third-order valence-electron chi connectivity index (χ3n) is 1.47. The molecule has 6 heteroatoms. The first-order chi connectivity index (χ1) is 6.24. The lowest BCUT2D eigenvalue weighted by Crippen LogP contribution is -2.03. The van der Waals surface area contributed by atoms with Crippen LogP contribution >= 0.6 is 11.8 Å². The fraction of sp³-hybridized carbons (Fsp3) is 0.286. The van der Waals surface area contributed by atoms with Crippen molar-refractivity contribution in [2.24, 2.45) is 0 Å². The van der Waals surface area contributed by atoms with Crippen molar-refractivity contribution in [2.45, 2.75) is 5.88 Å². The molecule has 66 valence electrons. The predicted molar refractivity (Wildman–Crippen MR) is 49.6 cm³/mol. The average Bonchev–Trinajstić information content (AvgIpc) is 2.44. The van der Waals surface area contributed by atoms with Gasteiger partial charge in [-0.15, -0.1) is 11.8 Å². The van der Waals surface area contributed by atoms with Crippen molar-refractivity contribution in [1.82, 2.24) is 9.55 Å². The Bertz CT molecular complexity index is 394. The van der Waals surface area contributed by atoms with E-state index < -0.39 is 0 Å². The minimum Gasteiger partial charge on any atom is -0.369 e. The summed E-state index contributed by atoms with van der Waals surface area (Å²) in [5, 5.41) is 17.4. The maximum Gasteiger partial charge on any atom is 0.203 e. The van der Waals surface area contributed by atoms with E-state index in [2.05, 4.69) is 4.98 Å². The van der Waals surface area contributed by atoms with E-state index in [1.807, 2.05) is 18.4 Å². The van der Waals surface area contributed by atoms with Gasteiger partial charge in [0.15, 0.2) is 11.4 Å². The van der Waals surface area contributed by atoms with Crippen molar-refractivity contribution in [3.05, 3.63) is 11.4 Å². The fourth-order valence-corrected chi connectivity index (χ4v) is 1.44. The zero-order valence-electron chi connectivity index (χ0n) is 6.98. The van der Waals surface area contributed by atoms with Crippen LogP contribution in [-0.4, -0.2) is 15.8 Å². The standard InChI is InChI=1S/C7H7N5S/c1-13-4-12-6(3-9)5(2-8)11-7(12)10/h4H2,1H3,(H2,10,11). The number of aromatic nitrogens is 2. The summed E-state index contributed by atoms with van der Waals surface area (Å²) in [6, 6.07) is 3.73. The third-order valence-corrected chi connectivity index (χ3v) is 1.98. The van der Waals surface area contributed by atoms with Gasteiger partial charge in [-0.2, -0.15) is 10.5 Å². The largest absolute Gasteiger partial charge is 0.369 e. The van der Waals surface area contributed by atoms with Crippen LogP contribution in [0.1, 0.15) is 11.4 Å². The SMILES string of the molecule is CSCn1c(N)nc(C#N)c1C#N. The van der Waals surface area contributed by atoms with Gasteiger partial charge in [0.1, 0.15) is 12.1 Å². The first-order valence-electron chi connectivity index (χ1n) is 3.39. The second kappa shape index (κ2) is 3.83. The van der Waals surface area contributed by atoms with Gasteiger partial charge in [0.05, 0.1) is 5.88 Å². The summed E-state index contributed by atoms with van der Waals surface area (Å²) >= 11 is 1.50. The number of anilines is 1. The zero-order chi connectivity index (χ0) is 9.84. The maximum absolute atomic E-state index is 8.74. The van der Waals surface area contributed by atoms with E-state index in [9.17, 15) is 0 Å². The second-order valence-electron chi connectivity index (χ2n) is 2.24. The summed E-state index contributed by atoms with van der Waals surface area (Å²) in [5.41, 5.74) is 5.84. The Morgan fingerprint density at radius 2 is 2.23 bits per heavy atom. The highest BCUT2D eigenvalue weighted by Crippen LogP contribution is 2.14. The van der Waals surface area contributed by atoms with Gasteiger partial charge in [0.2, 0.25) is 5.95 Å². The Morgan fingerprint density at radius 1 is 1.54 bits per heavy atom. The smallest absolute Gasteiger partial charge is 0.203 e. The van der Waals surface area contributed by atoms with Crippen molar-refractivity contribution in [3.8, 4) is 12.1 Å². The van der Waals surface area contributed by atoms with E-state index in [4.69, 9.17) is 16.3 Å². The highest BCUT2D eigenvalue weighted by molar-refractivity contribution is 7.97. The molecule has 0 aliphatic rings. The molecule has 0 radical (unpaired) electrons. The second-order valence-corrected chi connectivity index (χ2v) is 3.07. The first-order valence-corrected chi connectivity index (χ1v) is 4.79. The van der Waals surface area contributed by atoms with Gasteiger partial charge in [-0.3, -0.25) is 4.57 Å². The van der Waals surface area contributed by atoms with Crippen LogP contribution in [0.3, 0.4) is 0 Å². The Hall–Kier alpha value is -1.66. The van der Waals surface area contributed by atoms with Crippen LogP contribution in [0.4, 0.5) is 5.95 Å². The maximum atomic E-state index is 8.74. The molecule has 1 aromatic heterocycles. The van der Waals surface area contributed by atoms with Crippen molar-refractivity contribution >= 4 is 17.7 Å². The van der Waals surface area contributed by atoms with Gasteiger partial charge < -0.3 is 5.73 Å². The summed E-state index contributed by atoms with van der Waals surface area (Å²) in [7, 11) is 0. The summed E-state index contributed by atoms with van der Waals surface area (Å²) in [4.78, 5) is 3.76. The molecular weight excluding hydrogens is 186 g/mol. The lowest BCUT2D eigenvalue weighted by molar-refractivity contribution is 0.890. The van der Waals surface area contributed by atoms with Crippen LogP contribution in [0, 0.1) is 22.7 Å². The van der Waals surface area contributed by atoms with E-state index in [-0.39, 0.29) is 17.3 Å². The summed E-state index contributed by atoms with van der Waals surface area (Å²) in [6.45, 7) is 0. The predicted octanol–water partition coefficient (Wildman–Crippen LogP) is 0.529. The van der Waals surface area contributed by atoms with Gasteiger partial charge in [0.25, 0.3) is 0 Å². The van der Waals surface area contributed by atoms with Crippen LogP contribution < -0.4 is 5.73 Å². The molecule has 0 unspecified atom stereocenters. The number of hydrogen-bond donors (Lipinski definition) is 1. The molecule has 0 saturated heterocycles. The molecule has 0 saturated carbocycles. The van der Waals surface area contributed by atoms with E-state index in [0.717, 1.165) is 0 Å². The molecule has 0 fully saturated rings. The zero-order valence-corrected chi connectivity index (χ0v) is 7.80. The van der Waals surface area contributed by atoms with E-state index >= 15 is 0 Å². The minimum atomic E-state index is 0.0917. The van der Waals surface area contributed by atoms with Crippen LogP contribution in [0.15, 0.2) is 0 Å². The number of nitrogens with two attached hydrogens (primary N) is 1. The molecule has 0 aliphatic carbocycles. The fourth-order valence-electron chi connectivity index (χ4n) is 0.921. The number of hydrogen-bond acceptors (Lipinski definition) is 5. The van der Waals surface area contributed by atoms with Gasteiger partial charge >= 0.3 is 0 Å². The van der Waals surface area contributed by atoms with Gasteiger partial charge in [-0.25, -0.2) is 4.98 Å². The summed E-state index contributed by atoms with van der Waals surface area (Å²) in [6.07, 6.45) is 1.88. The van der Waals surface area contributed by atoms with E-state index in [1.54, 1.807) is 0 Å². The van der Waals surface area contributed by atoms with Gasteiger partial charge in [0, 0.05) is 0 Å². The molecule has 1 rings (SSSR count). The van der Waals surface area contributed by atoms with E-state index in [0.29, 0.717) is 5.88 Å². The highest BCUT2D eigenvalue weighted by Gasteiger charge is 2.13. The first kappa shape index (κ1) is 9.43. The topological polar surface area (TPSA) is 91.4 Å². The lowest BCUT2D eigenvalue weighted by atomic mass is 10.4. The monoisotopic (exact) mass is 193 g/mol. The van der Waals surface area contributed by atoms with Gasteiger partial charge in [-0.05, 0) is 6.26 Å². The Kier molecular flexibility index (Phi) is 2.78. The number of nitrogens with zero attached hydrogens (tertiary/aromatic N) is 4. The molecule has 0 spiro atoms. The highest BCUT2D eigenvalue weighted by atomic mass is 32.2. The average molecular weight is 193 g/mol. The number of imidazole rings is 1. The third kappa shape index (κ3) is 1.58. The van der Waals surface area contributed by atoms with E-state index in [1.165, 1.54) is 16.3 Å². The van der Waals surface area contributed by atoms with Crippen LogP contribution in [0.2, 0.25) is 0 Å². The molecule has 13 heavy (non-hydrogen) atoms. The molecule has 0 aromatic carbocycles. The van der Waals surface area contributed by atoms with Gasteiger partial charge in [-0.1, -0.05) is 0 Å². The van der Waals surface area contributed by atoms with Crippen molar-refractivity contribution in [3.63, 3.8) is 0 Å². The van der Waals surface area contributed by atoms with Crippen LogP contribution in [0.5, 0.6) is 0 Å². The number of nitriles is 2. The number of thioether (sulfide) groups is 1. The molecule has 0 atom stereocenters. The molecule has 2 N–H and O–H groups in total. The van der Waals surface area contributed by atoms with Crippen LogP contribution in [-0.2, 0) is 5.88 Å². The molecule has 1 heterocycles. The van der Waals surface area contributed by atoms with Crippen molar-refractivity contribution < 1.29 is 0 Å². The normalized spacial score (nSPS) is 9.15. The van der Waals surface area contributed by atoms with Crippen molar-refractivity contribution in [2.75, 3.05) is 12.0 Å². The summed E-state index contributed by atoms with van der Waals surface area (Å²) in [5.74, 6) is 0.742. The molecule has 1 aromatic rings. The molecule has 0 amide bonds. The van der Waals surface area contributed by atoms with Crippen molar-refractivity contribution in [1.29, 1.82) is 10.5 Å². The molecule has 0 bridgehead atoms. The Morgan fingerprint density at radius 3 is 2.69 bits per heavy atom. The quantitative estimate of drug-likeness (QED) is 0.739. The lowest BCUT2D eigenvalue weighted by Gasteiger charge is -2.01. The Balaban J connectivity index is 3.27. The summed E-state index contributed by atoms with van der Waals surface area (Å²) < 4.78 is 1.52. The minimum absolute atomic E-state index is 0.0917. The Labute approximate surface area is 79.8 Å².